The normalized spacial score (nSPS) is 11.1. The molecule has 3 rings (SSSR count). The largest absolute Gasteiger partial charge is 0.465 e. The summed E-state index contributed by atoms with van der Waals surface area (Å²) >= 11 is 0. The Bertz CT molecular complexity index is 1010. The van der Waals surface area contributed by atoms with Gasteiger partial charge in [0.15, 0.2) is 0 Å². The van der Waals surface area contributed by atoms with Crippen molar-refractivity contribution in [3.8, 4) is 0 Å². The summed E-state index contributed by atoms with van der Waals surface area (Å²) in [6.07, 6.45) is 0. The molecule has 0 aliphatic carbocycles. The summed E-state index contributed by atoms with van der Waals surface area (Å²) < 4.78 is 4.73. The zero-order valence-corrected chi connectivity index (χ0v) is 15.1. The number of aromatic nitrogens is 2. The van der Waals surface area contributed by atoms with Crippen LogP contribution in [0.25, 0.3) is 10.9 Å². The second-order valence-electron chi connectivity index (χ2n) is 6.33. The molecule has 0 fully saturated rings. The molecule has 0 radical (unpaired) electrons. The number of nitrogens with one attached hydrogen (secondary N) is 1. The highest BCUT2D eigenvalue weighted by molar-refractivity contribution is 5.93. The van der Waals surface area contributed by atoms with Crippen molar-refractivity contribution in [2.24, 2.45) is 0 Å². The van der Waals surface area contributed by atoms with Crippen molar-refractivity contribution in [2.75, 3.05) is 14.2 Å². The number of rotatable bonds is 5. The van der Waals surface area contributed by atoms with E-state index in [2.05, 4.69) is 33.9 Å². The fourth-order valence-corrected chi connectivity index (χ4v) is 2.90. The molecule has 3 aromatic rings. The van der Waals surface area contributed by atoms with E-state index in [9.17, 15) is 9.59 Å². The molecule has 0 amide bonds. The molecule has 0 atom stereocenters. The van der Waals surface area contributed by atoms with Crippen LogP contribution in [0.5, 0.6) is 0 Å². The average molecular weight is 351 g/mol. The molecule has 0 unspecified atom stereocenters. The van der Waals surface area contributed by atoms with Crippen LogP contribution in [-0.2, 0) is 17.8 Å². The summed E-state index contributed by atoms with van der Waals surface area (Å²) in [5.41, 5.74) is 3.09. The van der Waals surface area contributed by atoms with Gasteiger partial charge in [-0.1, -0.05) is 24.3 Å². The Hall–Kier alpha value is -2.99. The third kappa shape index (κ3) is 3.81. The van der Waals surface area contributed by atoms with E-state index >= 15 is 0 Å². The SMILES string of the molecule is COC(=O)c1ccc2c(=O)[nH]c(CN(C)Cc3ccccc3C)nc2c1. The summed E-state index contributed by atoms with van der Waals surface area (Å²) in [6, 6.07) is 12.9. The van der Waals surface area contributed by atoms with E-state index in [1.54, 1.807) is 18.2 Å². The van der Waals surface area contributed by atoms with Gasteiger partial charge in [0.05, 0.1) is 30.1 Å². The maximum Gasteiger partial charge on any atom is 0.337 e. The van der Waals surface area contributed by atoms with Gasteiger partial charge in [-0.2, -0.15) is 0 Å². The minimum absolute atomic E-state index is 0.217. The van der Waals surface area contributed by atoms with Gasteiger partial charge < -0.3 is 9.72 Å². The monoisotopic (exact) mass is 351 g/mol. The van der Waals surface area contributed by atoms with E-state index in [1.165, 1.54) is 18.2 Å². The molecule has 0 spiro atoms. The number of hydrogen-bond donors (Lipinski definition) is 1. The second-order valence-corrected chi connectivity index (χ2v) is 6.33. The first-order valence-corrected chi connectivity index (χ1v) is 8.32. The third-order valence-corrected chi connectivity index (χ3v) is 4.30. The first-order valence-electron chi connectivity index (χ1n) is 8.32. The number of carbonyl (C=O) groups is 1. The lowest BCUT2D eigenvalue weighted by atomic mass is 10.1. The average Bonchev–Trinajstić information content (AvgIpc) is 2.62. The lowest BCUT2D eigenvalue weighted by Crippen LogP contribution is -2.22. The van der Waals surface area contributed by atoms with Crippen LogP contribution in [0.15, 0.2) is 47.3 Å². The van der Waals surface area contributed by atoms with Crippen LogP contribution in [-0.4, -0.2) is 35.0 Å². The first kappa shape index (κ1) is 17.8. The molecule has 1 heterocycles. The number of benzene rings is 2. The number of H-pyrrole nitrogens is 1. The fraction of sp³-hybridized carbons (Fsp3) is 0.250. The molecule has 134 valence electrons. The molecular weight excluding hydrogens is 330 g/mol. The number of aryl methyl sites for hydroxylation is 1. The van der Waals surface area contributed by atoms with E-state index in [1.807, 2.05) is 19.2 Å². The number of aromatic amines is 1. The molecule has 6 nitrogen and oxygen atoms in total. The summed E-state index contributed by atoms with van der Waals surface area (Å²) in [5.74, 6) is 0.104. The molecule has 0 saturated carbocycles. The Morgan fingerprint density at radius 1 is 1.19 bits per heavy atom. The summed E-state index contributed by atoms with van der Waals surface area (Å²) in [6.45, 7) is 3.31. The standard InChI is InChI=1S/C20H21N3O3/c1-13-6-4-5-7-15(13)11-23(2)12-18-21-17-10-14(20(25)26-3)8-9-16(17)19(24)22-18/h4-10H,11-12H2,1-3H3,(H,21,22,24). The van der Waals surface area contributed by atoms with E-state index in [-0.39, 0.29) is 5.56 Å². The molecule has 0 aliphatic heterocycles. The highest BCUT2D eigenvalue weighted by atomic mass is 16.5. The number of fused-ring (bicyclic) bond motifs is 1. The number of esters is 1. The van der Waals surface area contributed by atoms with Crippen molar-refractivity contribution in [1.82, 2.24) is 14.9 Å². The van der Waals surface area contributed by atoms with E-state index < -0.39 is 5.97 Å². The van der Waals surface area contributed by atoms with Crippen LogP contribution in [0.4, 0.5) is 0 Å². The van der Waals surface area contributed by atoms with Gasteiger partial charge in [-0.3, -0.25) is 9.69 Å². The Kier molecular flexibility index (Phi) is 5.14. The molecule has 0 bridgehead atoms. The van der Waals surface area contributed by atoms with Crippen LogP contribution in [0.3, 0.4) is 0 Å². The van der Waals surface area contributed by atoms with Crippen molar-refractivity contribution in [3.63, 3.8) is 0 Å². The topological polar surface area (TPSA) is 75.3 Å². The van der Waals surface area contributed by atoms with E-state index in [4.69, 9.17) is 4.74 Å². The zero-order valence-electron chi connectivity index (χ0n) is 15.1. The van der Waals surface area contributed by atoms with E-state index in [0.717, 1.165) is 6.54 Å². The predicted molar refractivity (Wildman–Crippen MR) is 100 cm³/mol. The lowest BCUT2D eigenvalue weighted by Gasteiger charge is -2.17. The van der Waals surface area contributed by atoms with E-state index in [0.29, 0.717) is 28.8 Å². The number of ether oxygens (including phenoxy) is 1. The summed E-state index contributed by atoms with van der Waals surface area (Å²) in [5, 5.41) is 0.447. The molecule has 1 aromatic heterocycles. The molecule has 6 heteroatoms. The third-order valence-electron chi connectivity index (χ3n) is 4.30. The van der Waals surface area contributed by atoms with Crippen molar-refractivity contribution >= 4 is 16.9 Å². The van der Waals surface area contributed by atoms with Crippen LogP contribution in [0.2, 0.25) is 0 Å². The predicted octanol–water partition coefficient (Wildman–Crippen LogP) is 2.65. The number of methoxy groups -OCH3 is 1. The Labute approximate surface area is 151 Å². The van der Waals surface area contributed by atoms with Gasteiger partial charge in [0.2, 0.25) is 0 Å². The van der Waals surface area contributed by atoms with Crippen molar-refractivity contribution in [1.29, 1.82) is 0 Å². The number of hydrogen-bond acceptors (Lipinski definition) is 5. The minimum Gasteiger partial charge on any atom is -0.465 e. The highest BCUT2D eigenvalue weighted by Crippen LogP contribution is 2.14. The summed E-state index contributed by atoms with van der Waals surface area (Å²) in [4.78, 5) is 33.4. The van der Waals surface area contributed by atoms with Gasteiger partial charge in [-0.25, -0.2) is 9.78 Å². The van der Waals surface area contributed by atoms with Crippen molar-refractivity contribution in [2.45, 2.75) is 20.0 Å². The smallest absolute Gasteiger partial charge is 0.337 e. The second kappa shape index (κ2) is 7.49. The Morgan fingerprint density at radius 3 is 2.69 bits per heavy atom. The highest BCUT2D eigenvalue weighted by Gasteiger charge is 2.11. The maximum atomic E-state index is 12.3. The van der Waals surface area contributed by atoms with Crippen LogP contribution < -0.4 is 5.56 Å². The molecule has 0 saturated heterocycles. The van der Waals surface area contributed by atoms with Crippen molar-refractivity contribution < 1.29 is 9.53 Å². The number of nitrogens with zero attached hydrogens (tertiary/aromatic N) is 2. The molecule has 2 aromatic carbocycles. The molecular formula is C20H21N3O3. The molecule has 0 aliphatic rings. The quantitative estimate of drug-likeness (QED) is 0.715. The van der Waals surface area contributed by atoms with Crippen molar-refractivity contribution in [3.05, 3.63) is 75.3 Å². The van der Waals surface area contributed by atoms with Crippen LogP contribution in [0.1, 0.15) is 27.3 Å². The maximum absolute atomic E-state index is 12.3. The van der Waals surface area contributed by atoms with Gasteiger partial charge in [-0.05, 0) is 43.3 Å². The van der Waals surface area contributed by atoms with Crippen LogP contribution >= 0.6 is 0 Å². The lowest BCUT2D eigenvalue weighted by molar-refractivity contribution is 0.0601. The molecule has 26 heavy (non-hydrogen) atoms. The number of carbonyl (C=O) groups excluding carboxylic acids is 1. The minimum atomic E-state index is -0.452. The summed E-state index contributed by atoms with van der Waals surface area (Å²) in [7, 11) is 3.30. The van der Waals surface area contributed by atoms with Gasteiger partial charge >= 0.3 is 5.97 Å². The van der Waals surface area contributed by atoms with Crippen LogP contribution in [0, 0.1) is 6.92 Å². The first-order chi connectivity index (χ1) is 12.5. The Morgan fingerprint density at radius 2 is 1.96 bits per heavy atom. The van der Waals surface area contributed by atoms with Gasteiger partial charge in [0, 0.05) is 6.54 Å². The van der Waals surface area contributed by atoms with Gasteiger partial charge in [0.1, 0.15) is 5.82 Å². The van der Waals surface area contributed by atoms with Gasteiger partial charge in [-0.15, -0.1) is 0 Å². The Balaban J connectivity index is 1.86. The molecule has 1 N–H and O–H groups in total. The van der Waals surface area contributed by atoms with Gasteiger partial charge in [0.25, 0.3) is 5.56 Å². The fourth-order valence-electron chi connectivity index (χ4n) is 2.90. The zero-order chi connectivity index (χ0) is 18.7.